The van der Waals surface area contributed by atoms with Crippen molar-refractivity contribution < 1.29 is 19.4 Å². The largest absolute Gasteiger partial charge is 0.464 e. The van der Waals surface area contributed by atoms with Gasteiger partial charge in [0, 0.05) is 13.0 Å². The zero-order valence-electron chi connectivity index (χ0n) is 17.6. The standard InChI is InChI=1S/C23H41NO4/c25-19-15-13-11-9-7-5-3-1-2-4-6-8-10-12-14-16-20-28-23(27)21-17-18-22(26)24-21/h1-2,21,25H,3-20H2,(H,24,26)/b2-1-. The van der Waals surface area contributed by atoms with Crippen molar-refractivity contribution >= 4 is 11.9 Å². The van der Waals surface area contributed by atoms with Gasteiger partial charge in [0.05, 0.1) is 6.61 Å². The van der Waals surface area contributed by atoms with Crippen molar-refractivity contribution in [1.82, 2.24) is 5.32 Å². The van der Waals surface area contributed by atoms with E-state index in [0.717, 1.165) is 25.7 Å². The Morgan fingerprint density at radius 2 is 1.43 bits per heavy atom. The Labute approximate surface area is 171 Å². The van der Waals surface area contributed by atoms with Gasteiger partial charge in [0.25, 0.3) is 0 Å². The number of unbranched alkanes of at least 4 members (excludes halogenated alkanes) is 12. The summed E-state index contributed by atoms with van der Waals surface area (Å²) in [4.78, 5) is 22.8. The van der Waals surface area contributed by atoms with E-state index in [2.05, 4.69) is 17.5 Å². The lowest BCUT2D eigenvalue weighted by Crippen LogP contribution is -2.34. The molecule has 28 heavy (non-hydrogen) atoms. The molecule has 1 fully saturated rings. The molecule has 1 saturated heterocycles. The Morgan fingerprint density at radius 3 is 1.96 bits per heavy atom. The van der Waals surface area contributed by atoms with E-state index < -0.39 is 6.04 Å². The number of nitrogens with one attached hydrogen (secondary N) is 1. The number of aliphatic hydroxyl groups is 1. The second kappa shape index (κ2) is 17.7. The van der Waals surface area contributed by atoms with Gasteiger partial charge in [-0.1, -0.05) is 63.5 Å². The number of ether oxygens (including phenoxy) is 1. The van der Waals surface area contributed by atoms with Crippen LogP contribution in [0.15, 0.2) is 12.2 Å². The molecule has 0 aromatic heterocycles. The van der Waals surface area contributed by atoms with Gasteiger partial charge in [0.1, 0.15) is 6.04 Å². The fourth-order valence-electron chi connectivity index (χ4n) is 3.45. The van der Waals surface area contributed by atoms with Crippen molar-refractivity contribution in [1.29, 1.82) is 0 Å². The first-order valence-electron chi connectivity index (χ1n) is 11.5. The third-order valence-electron chi connectivity index (χ3n) is 5.23. The van der Waals surface area contributed by atoms with E-state index in [1.807, 2.05) is 0 Å². The second-order valence-corrected chi connectivity index (χ2v) is 7.84. The number of rotatable bonds is 18. The highest BCUT2D eigenvalue weighted by Gasteiger charge is 2.28. The van der Waals surface area contributed by atoms with Crippen molar-refractivity contribution in [2.24, 2.45) is 0 Å². The van der Waals surface area contributed by atoms with E-state index in [0.29, 0.717) is 26.1 Å². The van der Waals surface area contributed by atoms with Crippen LogP contribution in [0.3, 0.4) is 0 Å². The maximum absolute atomic E-state index is 11.7. The van der Waals surface area contributed by atoms with Crippen LogP contribution in [0.25, 0.3) is 0 Å². The number of hydrogen-bond donors (Lipinski definition) is 2. The highest BCUT2D eigenvalue weighted by molar-refractivity contribution is 5.87. The minimum Gasteiger partial charge on any atom is -0.464 e. The first-order chi connectivity index (χ1) is 13.7. The molecule has 5 heteroatoms. The third-order valence-corrected chi connectivity index (χ3v) is 5.23. The third kappa shape index (κ3) is 13.8. The van der Waals surface area contributed by atoms with Crippen molar-refractivity contribution in [2.75, 3.05) is 13.2 Å². The van der Waals surface area contributed by atoms with Gasteiger partial charge in [0.15, 0.2) is 0 Å². The summed E-state index contributed by atoms with van der Waals surface area (Å²) >= 11 is 0. The number of esters is 1. The Bertz CT molecular complexity index is 436. The average Bonchev–Trinajstić information content (AvgIpc) is 3.13. The van der Waals surface area contributed by atoms with Crippen LogP contribution < -0.4 is 5.32 Å². The van der Waals surface area contributed by atoms with E-state index in [1.54, 1.807) is 0 Å². The van der Waals surface area contributed by atoms with Crippen LogP contribution in [0.1, 0.15) is 103 Å². The predicted molar refractivity (Wildman–Crippen MR) is 113 cm³/mol. The number of amides is 1. The summed E-state index contributed by atoms with van der Waals surface area (Å²) in [5.74, 6) is -0.332. The number of carbonyl (C=O) groups is 2. The molecule has 1 atom stereocenters. The normalized spacial score (nSPS) is 16.6. The summed E-state index contributed by atoms with van der Waals surface area (Å²) in [6.45, 7) is 0.801. The van der Waals surface area contributed by atoms with Gasteiger partial charge in [-0.05, 0) is 44.9 Å². The first-order valence-corrected chi connectivity index (χ1v) is 11.5. The molecule has 1 unspecified atom stereocenters. The lowest BCUT2D eigenvalue weighted by atomic mass is 10.1. The molecule has 1 aliphatic rings. The second-order valence-electron chi connectivity index (χ2n) is 7.84. The maximum atomic E-state index is 11.7. The Balaban J connectivity index is 1.76. The summed E-state index contributed by atoms with van der Waals surface area (Å²) in [5, 5.41) is 11.4. The Hall–Kier alpha value is -1.36. The molecule has 0 aliphatic carbocycles. The lowest BCUT2D eigenvalue weighted by molar-refractivity contribution is -0.146. The predicted octanol–water partition coefficient (Wildman–Crippen LogP) is 4.82. The van der Waals surface area contributed by atoms with Gasteiger partial charge in [-0.3, -0.25) is 4.79 Å². The lowest BCUT2D eigenvalue weighted by Gasteiger charge is -2.09. The van der Waals surface area contributed by atoms with E-state index in [4.69, 9.17) is 9.84 Å². The number of allylic oxidation sites excluding steroid dienone is 2. The minimum atomic E-state index is -0.419. The molecule has 0 aromatic rings. The van der Waals surface area contributed by atoms with Gasteiger partial charge in [-0.25, -0.2) is 4.79 Å². The molecule has 0 aromatic carbocycles. The number of carbonyl (C=O) groups excluding carboxylic acids is 2. The van der Waals surface area contributed by atoms with Gasteiger partial charge in [0.2, 0.25) is 5.91 Å². The first kappa shape index (κ1) is 24.7. The molecule has 162 valence electrons. The highest BCUT2D eigenvalue weighted by atomic mass is 16.5. The summed E-state index contributed by atoms with van der Waals surface area (Å²) in [5.41, 5.74) is 0. The van der Waals surface area contributed by atoms with Gasteiger partial charge < -0.3 is 15.2 Å². The van der Waals surface area contributed by atoms with Crippen LogP contribution in [-0.2, 0) is 14.3 Å². The summed E-state index contributed by atoms with van der Waals surface area (Å²) in [6, 6.07) is -0.419. The molecule has 0 bridgehead atoms. The van der Waals surface area contributed by atoms with Crippen LogP contribution in [0, 0.1) is 0 Å². The zero-order chi connectivity index (χ0) is 20.3. The Kier molecular flexibility index (Phi) is 15.6. The molecular formula is C23H41NO4. The van der Waals surface area contributed by atoms with Gasteiger partial charge in [-0.15, -0.1) is 0 Å². The summed E-state index contributed by atoms with van der Waals surface area (Å²) in [6.07, 6.45) is 22.3. The quantitative estimate of drug-likeness (QED) is 0.198. The number of aliphatic hydroxyl groups excluding tert-OH is 1. The maximum Gasteiger partial charge on any atom is 0.328 e. The van der Waals surface area contributed by atoms with E-state index >= 15 is 0 Å². The van der Waals surface area contributed by atoms with Crippen LogP contribution >= 0.6 is 0 Å². The molecule has 1 heterocycles. The van der Waals surface area contributed by atoms with E-state index in [-0.39, 0.29) is 11.9 Å². The van der Waals surface area contributed by atoms with Crippen molar-refractivity contribution in [3.05, 3.63) is 12.2 Å². The molecule has 0 spiro atoms. The molecule has 1 aliphatic heterocycles. The van der Waals surface area contributed by atoms with Crippen molar-refractivity contribution in [3.8, 4) is 0 Å². The molecule has 0 radical (unpaired) electrons. The smallest absolute Gasteiger partial charge is 0.328 e. The molecule has 0 saturated carbocycles. The van der Waals surface area contributed by atoms with Crippen molar-refractivity contribution in [2.45, 2.75) is 109 Å². The molecular weight excluding hydrogens is 354 g/mol. The molecule has 5 nitrogen and oxygen atoms in total. The molecule has 1 amide bonds. The highest BCUT2D eigenvalue weighted by Crippen LogP contribution is 2.11. The zero-order valence-corrected chi connectivity index (χ0v) is 17.6. The van der Waals surface area contributed by atoms with Gasteiger partial charge >= 0.3 is 5.97 Å². The Morgan fingerprint density at radius 1 is 0.893 bits per heavy atom. The average molecular weight is 396 g/mol. The summed E-state index contributed by atoms with van der Waals surface area (Å²) in [7, 11) is 0. The van der Waals surface area contributed by atoms with Crippen LogP contribution in [-0.4, -0.2) is 36.2 Å². The van der Waals surface area contributed by atoms with Crippen molar-refractivity contribution in [3.63, 3.8) is 0 Å². The van der Waals surface area contributed by atoms with Crippen LogP contribution in [0.4, 0.5) is 0 Å². The fourth-order valence-corrected chi connectivity index (χ4v) is 3.45. The number of hydrogen-bond acceptors (Lipinski definition) is 4. The SMILES string of the molecule is O=C1CCC(C(=O)OCCCCCCCC/C=C\CCCCCCCCO)N1. The van der Waals surface area contributed by atoms with Crippen LogP contribution in [0.5, 0.6) is 0 Å². The fraction of sp³-hybridized carbons (Fsp3) is 0.826. The van der Waals surface area contributed by atoms with Crippen LogP contribution in [0.2, 0.25) is 0 Å². The van der Waals surface area contributed by atoms with E-state index in [1.165, 1.54) is 64.2 Å². The molecule has 1 rings (SSSR count). The monoisotopic (exact) mass is 395 g/mol. The van der Waals surface area contributed by atoms with E-state index in [9.17, 15) is 9.59 Å². The summed E-state index contributed by atoms with van der Waals surface area (Å²) < 4.78 is 5.23. The van der Waals surface area contributed by atoms with Gasteiger partial charge in [-0.2, -0.15) is 0 Å². The topological polar surface area (TPSA) is 75.6 Å². The molecule has 2 N–H and O–H groups in total. The minimum absolute atomic E-state index is 0.0536.